The van der Waals surface area contributed by atoms with Crippen LogP contribution in [-0.4, -0.2) is 59.0 Å². The van der Waals surface area contributed by atoms with Gasteiger partial charge in [-0.25, -0.2) is 4.98 Å². The molecular weight excluding hydrogens is 324 g/mol. The highest BCUT2D eigenvalue weighted by atomic mass is 16.2. The number of imidazole rings is 1. The Hall–Kier alpha value is -2.14. The van der Waals surface area contributed by atoms with Gasteiger partial charge in [0, 0.05) is 44.4 Å². The smallest absolute Gasteiger partial charge is 0.222 e. The summed E-state index contributed by atoms with van der Waals surface area (Å²) < 4.78 is 2.24. The highest BCUT2D eigenvalue weighted by Gasteiger charge is 2.27. The zero-order valence-corrected chi connectivity index (χ0v) is 16.0. The third-order valence-corrected chi connectivity index (χ3v) is 5.08. The molecule has 0 bridgehead atoms. The number of aromatic nitrogens is 2. The van der Waals surface area contributed by atoms with Gasteiger partial charge in [-0.15, -0.1) is 0 Å². The molecule has 1 aliphatic rings. The number of hydrogen-bond donors (Lipinski definition) is 0. The van der Waals surface area contributed by atoms with Crippen molar-refractivity contribution in [2.24, 2.45) is 0 Å². The first-order valence-electron chi connectivity index (χ1n) is 9.61. The summed E-state index contributed by atoms with van der Waals surface area (Å²) in [7, 11) is 4.10. The summed E-state index contributed by atoms with van der Waals surface area (Å²) in [6.07, 6.45) is 7.67. The van der Waals surface area contributed by atoms with Crippen LogP contribution in [-0.2, 0) is 11.3 Å². The van der Waals surface area contributed by atoms with Gasteiger partial charge < -0.3 is 14.4 Å². The Kier molecular flexibility index (Phi) is 6.45. The van der Waals surface area contributed by atoms with E-state index in [2.05, 4.69) is 44.9 Å². The van der Waals surface area contributed by atoms with E-state index >= 15 is 0 Å². The first-order valence-corrected chi connectivity index (χ1v) is 9.61. The molecule has 1 aliphatic heterocycles. The molecule has 140 valence electrons. The molecule has 1 fully saturated rings. The topological polar surface area (TPSA) is 41.4 Å². The number of carbonyl (C=O) groups excluding carboxylic acids is 1. The average molecular weight is 354 g/mol. The minimum Gasteiger partial charge on any atom is -0.342 e. The van der Waals surface area contributed by atoms with Gasteiger partial charge in [-0.3, -0.25) is 4.79 Å². The van der Waals surface area contributed by atoms with Crippen LogP contribution in [0.15, 0.2) is 42.7 Å². The number of rotatable bonds is 7. The second-order valence-corrected chi connectivity index (χ2v) is 7.48. The summed E-state index contributed by atoms with van der Waals surface area (Å²) in [5.41, 5.74) is 1.28. The number of carbonyl (C=O) groups is 1. The van der Waals surface area contributed by atoms with Crippen LogP contribution >= 0.6 is 0 Å². The van der Waals surface area contributed by atoms with Crippen LogP contribution in [0.4, 0.5) is 0 Å². The van der Waals surface area contributed by atoms with E-state index in [1.54, 1.807) is 0 Å². The Morgan fingerprint density at radius 3 is 2.85 bits per heavy atom. The molecule has 3 rings (SSSR count). The SMILES string of the molecule is CN(C)CCCC(=O)N1CCC[C@H](c2nccn2Cc2ccccc2)C1. The molecule has 26 heavy (non-hydrogen) atoms. The normalized spacial score (nSPS) is 17.7. The molecule has 1 aromatic carbocycles. The zero-order valence-electron chi connectivity index (χ0n) is 16.0. The van der Waals surface area contributed by atoms with Gasteiger partial charge in [0.15, 0.2) is 0 Å². The first-order chi connectivity index (χ1) is 12.6. The van der Waals surface area contributed by atoms with Crippen molar-refractivity contribution in [2.45, 2.75) is 38.1 Å². The van der Waals surface area contributed by atoms with Gasteiger partial charge in [0.1, 0.15) is 5.82 Å². The third kappa shape index (κ3) is 4.94. The maximum absolute atomic E-state index is 12.6. The molecule has 0 unspecified atom stereocenters. The third-order valence-electron chi connectivity index (χ3n) is 5.08. The Balaban J connectivity index is 1.61. The standard InChI is InChI=1S/C21H30N4O/c1-23(2)13-7-11-20(26)24-14-6-10-19(17-24)21-22-12-15-25(21)16-18-8-4-3-5-9-18/h3-5,8-9,12,15,19H,6-7,10-11,13-14,16-17H2,1-2H3/t19-/m0/s1. The number of piperidine rings is 1. The quantitative estimate of drug-likeness (QED) is 0.768. The summed E-state index contributed by atoms with van der Waals surface area (Å²) in [6.45, 7) is 3.48. The molecule has 5 nitrogen and oxygen atoms in total. The number of nitrogens with zero attached hydrogens (tertiary/aromatic N) is 4. The van der Waals surface area contributed by atoms with Gasteiger partial charge in [-0.2, -0.15) is 0 Å². The Labute approximate surface area is 156 Å². The number of likely N-dealkylation sites (tertiary alicyclic amines) is 1. The molecular formula is C21H30N4O. The van der Waals surface area contributed by atoms with E-state index in [1.807, 2.05) is 31.3 Å². The molecule has 2 aromatic rings. The number of hydrogen-bond acceptors (Lipinski definition) is 3. The van der Waals surface area contributed by atoms with Gasteiger partial charge >= 0.3 is 0 Å². The van der Waals surface area contributed by atoms with Crippen LogP contribution < -0.4 is 0 Å². The maximum atomic E-state index is 12.6. The van der Waals surface area contributed by atoms with Crippen molar-refractivity contribution >= 4 is 5.91 Å². The van der Waals surface area contributed by atoms with Crippen molar-refractivity contribution < 1.29 is 4.79 Å². The number of benzene rings is 1. The second kappa shape index (κ2) is 8.99. The predicted octanol–water partition coefficient (Wildman–Crippen LogP) is 2.98. The largest absolute Gasteiger partial charge is 0.342 e. The van der Waals surface area contributed by atoms with Crippen LogP contribution in [0.25, 0.3) is 0 Å². The minimum atomic E-state index is 0.290. The lowest BCUT2D eigenvalue weighted by molar-refractivity contribution is -0.132. The van der Waals surface area contributed by atoms with Gasteiger partial charge in [-0.1, -0.05) is 30.3 Å². The Morgan fingerprint density at radius 2 is 2.08 bits per heavy atom. The molecule has 5 heteroatoms. The highest BCUT2D eigenvalue weighted by Crippen LogP contribution is 2.26. The molecule has 0 radical (unpaired) electrons. The van der Waals surface area contributed by atoms with Crippen molar-refractivity contribution in [1.82, 2.24) is 19.4 Å². The van der Waals surface area contributed by atoms with E-state index < -0.39 is 0 Å². The molecule has 1 saturated heterocycles. The van der Waals surface area contributed by atoms with E-state index in [-0.39, 0.29) is 5.91 Å². The molecule has 1 aromatic heterocycles. The van der Waals surface area contributed by atoms with E-state index in [9.17, 15) is 4.79 Å². The fraction of sp³-hybridized carbons (Fsp3) is 0.524. The van der Waals surface area contributed by atoms with Crippen LogP contribution in [0.1, 0.15) is 43.0 Å². The molecule has 0 saturated carbocycles. The van der Waals surface area contributed by atoms with Crippen LogP contribution in [0.3, 0.4) is 0 Å². The highest BCUT2D eigenvalue weighted by molar-refractivity contribution is 5.76. The van der Waals surface area contributed by atoms with Crippen LogP contribution in [0.2, 0.25) is 0 Å². The van der Waals surface area contributed by atoms with E-state index in [0.29, 0.717) is 12.3 Å². The predicted molar refractivity (Wildman–Crippen MR) is 104 cm³/mol. The van der Waals surface area contributed by atoms with Gasteiger partial charge in [0.2, 0.25) is 5.91 Å². The van der Waals surface area contributed by atoms with Gasteiger partial charge in [0.05, 0.1) is 0 Å². The van der Waals surface area contributed by atoms with Crippen molar-refractivity contribution in [3.8, 4) is 0 Å². The van der Waals surface area contributed by atoms with Crippen molar-refractivity contribution in [3.63, 3.8) is 0 Å². The molecule has 1 atom stereocenters. The van der Waals surface area contributed by atoms with E-state index in [4.69, 9.17) is 0 Å². The molecule has 0 spiro atoms. The first kappa shape index (κ1) is 18.6. The van der Waals surface area contributed by atoms with Crippen LogP contribution in [0.5, 0.6) is 0 Å². The lowest BCUT2D eigenvalue weighted by atomic mass is 9.96. The molecule has 1 amide bonds. The van der Waals surface area contributed by atoms with Crippen molar-refractivity contribution in [2.75, 3.05) is 33.7 Å². The van der Waals surface area contributed by atoms with Gasteiger partial charge in [0.25, 0.3) is 0 Å². The van der Waals surface area contributed by atoms with E-state index in [1.165, 1.54) is 5.56 Å². The average Bonchev–Trinajstić information content (AvgIpc) is 3.10. The Bertz CT molecular complexity index is 695. The maximum Gasteiger partial charge on any atom is 0.222 e. The summed E-state index contributed by atoms with van der Waals surface area (Å²) in [5.74, 6) is 1.73. The summed E-state index contributed by atoms with van der Waals surface area (Å²) in [4.78, 5) is 21.4. The summed E-state index contributed by atoms with van der Waals surface area (Å²) >= 11 is 0. The second-order valence-electron chi connectivity index (χ2n) is 7.48. The zero-order chi connectivity index (χ0) is 18.4. The summed E-state index contributed by atoms with van der Waals surface area (Å²) in [6, 6.07) is 10.5. The fourth-order valence-electron chi connectivity index (χ4n) is 3.71. The summed E-state index contributed by atoms with van der Waals surface area (Å²) in [5, 5.41) is 0. The van der Waals surface area contributed by atoms with Crippen molar-refractivity contribution in [3.05, 3.63) is 54.1 Å². The number of amides is 1. The van der Waals surface area contributed by atoms with Crippen molar-refractivity contribution in [1.29, 1.82) is 0 Å². The van der Waals surface area contributed by atoms with E-state index in [0.717, 1.165) is 51.3 Å². The fourth-order valence-corrected chi connectivity index (χ4v) is 3.71. The lowest BCUT2D eigenvalue weighted by Crippen LogP contribution is -2.40. The molecule has 2 heterocycles. The molecule has 0 N–H and O–H groups in total. The molecule has 0 aliphatic carbocycles. The van der Waals surface area contributed by atoms with Crippen LogP contribution in [0, 0.1) is 0 Å². The monoisotopic (exact) mass is 354 g/mol. The van der Waals surface area contributed by atoms with Gasteiger partial charge in [-0.05, 0) is 45.5 Å². The lowest BCUT2D eigenvalue weighted by Gasteiger charge is -2.33. The minimum absolute atomic E-state index is 0.290. The Morgan fingerprint density at radius 1 is 1.27 bits per heavy atom.